The summed E-state index contributed by atoms with van der Waals surface area (Å²) in [4.78, 5) is 18.4. The largest absolute Gasteiger partial charge is 0.449 e. The second kappa shape index (κ2) is 12.2. The predicted octanol–water partition coefficient (Wildman–Crippen LogP) is 7.20. The van der Waals surface area contributed by atoms with E-state index >= 15 is 0 Å². The lowest BCUT2D eigenvalue weighted by Crippen LogP contribution is -2.13. The second-order valence-electron chi connectivity index (χ2n) is 9.93. The molecular weight excluding hydrogens is 546 g/mol. The van der Waals surface area contributed by atoms with E-state index in [0.29, 0.717) is 0 Å². The molecular formula is C30H31N3O5S2. The van der Waals surface area contributed by atoms with E-state index in [2.05, 4.69) is 45.9 Å². The number of nitrogens with zero attached hydrogens (tertiary/aromatic N) is 2. The minimum absolute atomic E-state index is 0.000220. The number of aromatic nitrogens is 1. The van der Waals surface area contributed by atoms with Crippen LogP contribution in [0.5, 0.6) is 0 Å². The van der Waals surface area contributed by atoms with Gasteiger partial charge < -0.3 is 14.4 Å². The number of nitrogens with one attached hydrogen (secondary N) is 1. The Morgan fingerprint density at radius 3 is 2.33 bits per heavy atom. The molecule has 0 atom stereocenters. The van der Waals surface area contributed by atoms with E-state index in [1.54, 1.807) is 12.1 Å². The molecule has 0 amide bonds. The molecule has 4 aromatic rings. The van der Waals surface area contributed by atoms with Gasteiger partial charge in [-0.1, -0.05) is 55.7 Å². The molecule has 0 radical (unpaired) electrons. The Balaban J connectivity index is 1.17. The van der Waals surface area contributed by atoms with Crippen LogP contribution >= 0.6 is 11.3 Å². The van der Waals surface area contributed by atoms with E-state index in [9.17, 15) is 13.2 Å². The van der Waals surface area contributed by atoms with Gasteiger partial charge in [0.05, 0.1) is 11.3 Å². The summed E-state index contributed by atoms with van der Waals surface area (Å²) in [6.07, 6.45) is 6.69. The van der Waals surface area contributed by atoms with Crippen molar-refractivity contribution in [2.75, 3.05) is 17.3 Å². The van der Waals surface area contributed by atoms with Gasteiger partial charge in [-0.25, -0.2) is 9.78 Å². The molecule has 1 heterocycles. The fourth-order valence-electron chi connectivity index (χ4n) is 4.93. The molecule has 1 saturated carbocycles. The Labute approximate surface area is 238 Å². The van der Waals surface area contributed by atoms with Crippen molar-refractivity contribution in [3.8, 4) is 11.3 Å². The molecule has 1 aliphatic carbocycles. The molecule has 1 aliphatic rings. The van der Waals surface area contributed by atoms with Crippen LogP contribution in [0.25, 0.3) is 11.3 Å². The van der Waals surface area contributed by atoms with Crippen molar-refractivity contribution in [2.24, 2.45) is 0 Å². The second-order valence-corrected chi connectivity index (χ2v) is 11.8. The quantitative estimate of drug-likeness (QED) is 0.201. The predicted molar refractivity (Wildman–Crippen MR) is 159 cm³/mol. The van der Waals surface area contributed by atoms with E-state index in [4.69, 9.17) is 9.54 Å². The van der Waals surface area contributed by atoms with Crippen LogP contribution in [0.15, 0.2) is 78.2 Å². The monoisotopic (exact) mass is 577 g/mol. The lowest BCUT2D eigenvalue weighted by Gasteiger charge is -2.22. The van der Waals surface area contributed by atoms with E-state index in [-0.39, 0.29) is 5.56 Å². The molecule has 0 aliphatic heterocycles. The highest BCUT2D eigenvalue weighted by atomic mass is 32.3. The van der Waals surface area contributed by atoms with Gasteiger partial charge in [0, 0.05) is 35.9 Å². The number of carbonyl (C=O) groups excluding carboxylic acids is 1. The number of carbonyl (C=O) groups is 1. The minimum atomic E-state index is -4.86. The summed E-state index contributed by atoms with van der Waals surface area (Å²) in [5, 5.41) is 6.24. The molecule has 0 saturated heterocycles. The number of hydrogen-bond acceptors (Lipinski definition) is 8. The zero-order chi connectivity index (χ0) is 28.1. The highest BCUT2D eigenvalue weighted by Crippen LogP contribution is 2.33. The molecule has 40 heavy (non-hydrogen) atoms. The van der Waals surface area contributed by atoms with Crippen LogP contribution in [0.1, 0.15) is 59.5 Å². The van der Waals surface area contributed by atoms with E-state index in [1.165, 1.54) is 66.7 Å². The van der Waals surface area contributed by atoms with Crippen LogP contribution in [0.3, 0.4) is 0 Å². The maximum Gasteiger partial charge on any atom is 0.449 e. The van der Waals surface area contributed by atoms with Crippen molar-refractivity contribution in [1.29, 1.82) is 0 Å². The van der Waals surface area contributed by atoms with Gasteiger partial charge in [0.1, 0.15) is 0 Å². The number of hydrogen-bond donors (Lipinski definition) is 2. The van der Waals surface area contributed by atoms with Crippen molar-refractivity contribution < 1.29 is 21.9 Å². The maximum absolute atomic E-state index is 11.8. The SMILES string of the molecule is CN(c1ccc(C(=O)OS(=O)(=O)O)cc1)c1nc(-c2ccc(NCc3ccc(C4CCCCC4)cc3)cc2)cs1. The van der Waals surface area contributed by atoms with Gasteiger partial charge in [0.25, 0.3) is 0 Å². The molecule has 0 spiro atoms. The van der Waals surface area contributed by atoms with Crippen molar-refractivity contribution in [3.05, 3.63) is 94.9 Å². The maximum atomic E-state index is 11.8. The molecule has 5 rings (SSSR count). The average molecular weight is 578 g/mol. The number of thiazole rings is 1. The fourth-order valence-corrected chi connectivity index (χ4v) is 6.04. The Morgan fingerprint density at radius 1 is 1.00 bits per heavy atom. The summed E-state index contributed by atoms with van der Waals surface area (Å²) in [7, 11) is -3.01. The van der Waals surface area contributed by atoms with E-state index < -0.39 is 16.4 Å². The molecule has 3 aromatic carbocycles. The van der Waals surface area contributed by atoms with Gasteiger partial charge >= 0.3 is 16.4 Å². The lowest BCUT2D eigenvalue weighted by atomic mass is 9.84. The van der Waals surface area contributed by atoms with Crippen molar-refractivity contribution in [3.63, 3.8) is 0 Å². The van der Waals surface area contributed by atoms with Crippen molar-refractivity contribution in [2.45, 2.75) is 44.6 Å². The summed E-state index contributed by atoms with van der Waals surface area (Å²) in [6.45, 7) is 0.766. The fraction of sp³-hybridized carbons (Fsp3) is 0.267. The first kappa shape index (κ1) is 27.8. The summed E-state index contributed by atoms with van der Waals surface area (Å²) in [5.74, 6) is -0.431. The standard InChI is InChI=1S/C30H31N3O5S2/c1-33(27-17-13-25(14-18-27)29(34)38-40(35,36)37)30-32-28(20-39-30)24-11-15-26(16-12-24)31-19-21-7-9-23(10-8-21)22-5-3-2-4-6-22/h7-18,20,22,31H,2-6,19H2,1H3,(H,35,36,37). The number of rotatable bonds is 9. The third kappa shape index (κ3) is 7.07. The highest BCUT2D eigenvalue weighted by Gasteiger charge is 2.17. The topological polar surface area (TPSA) is 109 Å². The highest BCUT2D eigenvalue weighted by molar-refractivity contribution is 7.81. The van der Waals surface area contributed by atoms with Crippen LogP contribution in [0.2, 0.25) is 0 Å². The third-order valence-corrected chi connectivity index (χ3v) is 8.46. The summed E-state index contributed by atoms with van der Waals surface area (Å²) in [6, 6.07) is 23.4. The Kier molecular flexibility index (Phi) is 8.49. The van der Waals surface area contributed by atoms with Crippen molar-refractivity contribution in [1.82, 2.24) is 4.98 Å². The minimum Gasteiger partial charge on any atom is -0.381 e. The van der Waals surface area contributed by atoms with Gasteiger partial charge in [0.15, 0.2) is 5.13 Å². The van der Waals surface area contributed by atoms with Gasteiger partial charge in [-0.15, -0.1) is 11.3 Å². The van der Waals surface area contributed by atoms with E-state index in [1.807, 2.05) is 29.5 Å². The Hall–Kier alpha value is -3.73. The normalized spacial score (nSPS) is 14.1. The zero-order valence-corrected chi connectivity index (χ0v) is 23.7. The molecule has 208 valence electrons. The number of benzene rings is 3. The molecule has 0 unspecified atom stereocenters. The van der Waals surface area contributed by atoms with Crippen LogP contribution in [0.4, 0.5) is 16.5 Å². The Morgan fingerprint density at radius 2 is 1.68 bits per heavy atom. The molecule has 10 heteroatoms. The molecule has 8 nitrogen and oxygen atoms in total. The van der Waals surface area contributed by atoms with Crippen LogP contribution in [-0.2, 0) is 21.1 Å². The first-order chi connectivity index (χ1) is 19.2. The molecule has 1 fully saturated rings. The first-order valence-electron chi connectivity index (χ1n) is 13.2. The lowest BCUT2D eigenvalue weighted by molar-refractivity contribution is 0.0727. The average Bonchev–Trinajstić information content (AvgIpc) is 3.46. The van der Waals surface area contributed by atoms with Gasteiger partial charge in [-0.05, 0) is 66.3 Å². The van der Waals surface area contributed by atoms with Gasteiger partial charge in [-0.2, -0.15) is 8.42 Å². The smallest absolute Gasteiger partial charge is 0.381 e. The Bertz CT molecular complexity index is 1540. The van der Waals surface area contributed by atoms with Gasteiger partial charge in [-0.3, -0.25) is 4.55 Å². The third-order valence-electron chi connectivity index (χ3n) is 7.18. The van der Waals surface area contributed by atoms with Crippen LogP contribution < -0.4 is 10.2 Å². The first-order valence-corrected chi connectivity index (χ1v) is 15.4. The van der Waals surface area contributed by atoms with Crippen molar-refractivity contribution >= 4 is 44.2 Å². The summed E-state index contributed by atoms with van der Waals surface area (Å²) >= 11 is 1.48. The molecule has 1 aromatic heterocycles. The van der Waals surface area contributed by atoms with Crippen LogP contribution in [-0.4, -0.2) is 31.0 Å². The molecule has 0 bridgehead atoms. The zero-order valence-electron chi connectivity index (χ0n) is 22.1. The van der Waals surface area contributed by atoms with Gasteiger partial charge in [0.2, 0.25) is 0 Å². The number of anilines is 3. The summed E-state index contributed by atoms with van der Waals surface area (Å²) in [5.41, 5.74) is 6.37. The molecule has 2 N–H and O–H groups in total. The van der Waals surface area contributed by atoms with E-state index in [0.717, 1.165) is 40.2 Å². The summed E-state index contributed by atoms with van der Waals surface area (Å²) < 4.78 is 34.2. The van der Waals surface area contributed by atoms with Crippen LogP contribution in [0, 0.1) is 0 Å².